The van der Waals surface area contributed by atoms with Gasteiger partial charge in [0.25, 0.3) is 0 Å². The number of hydrogen-bond donors (Lipinski definition) is 3. The normalized spacial score (nSPS) is 47.9. The highest BCUT2D eigenvalue weighted by atomic mass is 35.5. The van der Waals surface area contributed by atoms with Crippen LogP contribution in [0.3, 0.4) is 0 Å². The average Bonchev–Trinajstić information content (AvgIpc) is 2.84. The Morgan fingerprint density at radius 3 is 2.70 bits per heavy atom. The lowest BCUT2D eigenvalue weighted by Gasteiger charge is -2.50. The fourth-order valence-electron chi connectivity index (χ4n) is 6.24. The molecule has 4 aliphatic rings. The summed E-state index contributed by atoms with van der Waals surface area (Å²) >= 11 is 10.3. The van der Waals surface area contributed by atoms with Crippen molar-refractivity contribution in [3.8, 4) is 11.3 Å². The molecule has 0 spiro atoms. The number of hydrogen-bond acceptors (Lipinski definition) is 2. The first kappa shape index (κ1) is 17.7. The van der Waals surface area contributed by atoms with Crippen LogP contribution in [0.4, 0.5) is 0 Å². The van der Waals surface area contributed by atoms with E-state index in [1.54, 1.807) is 5.57 Å². The highest BCUT2D eigenvalue weighted by Gasteiger charge is 2.55. The van der Waals surface area contributed by atoms with Crippen LogP contribution in [-0.2, 0) is 0 Å². The molecule has 23 heavy (non-hydrogen) atoms. The number of fused-ring (bicyclic) bond motifs is 5. The van der Waals surface area contributed by atoms with E-state index in [-0.39, 0.29) is 5.48 Å². The van der Waals surface area contributed by atoms with Gasteiger partial charge in [0.1, 0.15) is 5.60 Å². The first-order valence-corrected chi connectivity index (χ1v) is 9.75. The van der Waals surface area contributed by atoms with Crippen LogP contribution in [0.15, 0.2) is 11.6 Å². The fourth-order valence-corrected chi connectivity index (χ4v) is 6.75. The van der Waals surface area contributed by atoms with Crippen LogP contribution in [0.5, 0.6) is 0 Å². The quantitative estimate of drug-likeness (QED) is 0.341. The molecule has 3 fully saturated rings. The van der Waals surface area contributed by atoms with Crippen LogP contribution in [0.25, 0.3) is 0 Å². The number of aliphatic hydroxyl groups is 1. The van der Waals surface area contributed by atoms with Crippen molar-refractivity contribution in [3.05, 3.63) is 11.6 Å². The molecule has 2 nitrogen and oxygen atoms in total. The molecule has 7 atom stereocenters. The highest BCUT2D eigenvalue weighted by molar-refractivity contribution is 7.81. The predicted octanol–water partition coefficient (Wildman–Crippen LogP) is 4.22. The second-order valence-corrected chi connectivity index (χ2v) is 8.74. The van der Waals surface area contributed by atoms with Crippen LogP contribution >= 0.6 is 24.2 Å². The van der Waals surface area contributed by atoms with Gasteiger partial charge < -0.3 is 5.11 Å². The Labute approximate surface area is 149 Å². The molecule has 0 amide bonds. The molecule has 0 bridgehead atoms. The fraction of sp³-hybridized carbons (Fsp3) is 0.789. The van der Waals surface area contributed by atoms with Gasteiger partial charge in [0, 0.05) is 16.5 Å². The summed E-state index contributed by atoms with van der Waals surface area (Å²) in [6, 6.07) is 0. The molecule has 4 heteroatoms. The van der Waals surface area contributed by atoms with Gasteiger partial charge in [-0.15, -0.1) is 0 Å². The summed E-state index contributed by atoms with van der Waals surface area (Å²) in [5, 5.41) is 13.8. The van der Waals surface area contributed by atoms with E-state index in [0.717, 1.165) is 37.0 Å². The molecule has 0 saturated heterocycles. The number of allylic oxidation sites excluding steroid dienone is 1. The minimum Gasteiger partial charge on any atom is -0.377 e. The molecule has 127 valence electrons. The number of thiol groups is 1. The topological polar surface area (TPSA) is 50.2 Å². The Balaban J connectivity index is 0.00000156. The van der Waals surface area contributed by atoms with Gasteiger partial charge >= 0.3 is 0 Å². The molecule has 0 aromatic carbocycles. The monoisotopic (exact) mass is 353 g/mol. The average molecular weight is 354 g/mol. The van der Waals surface area contributed by atoms with Gasteiger partial charge in [-0.25, -0.2) is 0 Å². The smallest absolute Gasteiger partial charge is 0.129 e. The summed E-state index contributed by atoms with van der Waals surface area (Å²) in [6.45, 7) is 0. The molecular weight excluding hydrogens is 328 g/mol. The van der Waals surface area contributed by atoms with Gasteiger partial charge in [-0.1, -0.05) is 17.6 Å². The largest absolute Gasteiger partial charge is 0.377 e. The Morgan fingerprint density at radius 2 is 1.91 bits per heavy atom. The van der Waals surface area contributed by atoms with E-state index in [2.05, 4.69) is 30.0 Å². The van der Waals surface area contributed by atoms with E-state index >= 15 is 0 Å². The van der Waals surface area contributed by atoms with Crippen molar-refractivity contribution in [2.24, 2.45) is 29.6 Å². The van der Waals surface area contributed by atoms with E-state index in [4.69, 9.17) is 11.6 Å². The Kier molecular flexibility index (Phi) is 5.10. The molecule has 4 rings (SSSR count). The van der Waals surface area contributed by atoms with Gasteiger partial charge in [-0.05, 0) is 86.6 Å². The lowest BCUT2D eigenvalue weighted by Crippen LogP contribution is -2.45. The molecule has 0 aromatic rings. The predicted molar refractivity (Wildman–Crippen MR) is 95.8 cm³/mol. The minimum absolute atomic E-state index is 0. The summed E-state index contributed by atoms with van der Waals surface area (Å²) in [5.74, 6) is 6.38. The molecule has 0 aromatic heterocycles. The SMILES string of the molecule is O[C@@]1(C#CCl)CC[C@H]2[C@@H]3CCC4=CC(S)CC[C@@H]4[C@H]3CC[C@@H]21.[OH]. The van der Waals surface area contributed by atoms with Crippen LogP contribution in [0, 0.1) is 40.9 Å². The molecule has 1 radical (unpaired) electrons. The van der Waals surface area contributed by atoms with Crippen LogP contribution in [0.2, 0.25) is 0 Å². The second kappa shape index (κ2) is 6.64. The van der Waals surface area contributed by atoms with E-state index in [1.807, 2.05) is 0 Å². The summed E-state index contributed by atoms with van der Waals surface area (Å²) in [5.41, 5.74) is 0.885. The highest BCUT2D eigenvalue weighted by Crippen LogP contribution is 2.59. The van der Waals surface area contributed by atoms with Crippen molar-refractivity contribution < 1.29 is 10.6 Å². The van der Waals surface area contributed by atoms with Crippen LogP contribution < -0.4 is 0 Å². The summed E-state index contributed by atoms with van der Waals surface area (Å²) in [4.78, 5) is 0. The zero-order valence-corrected chi connectivity index (χ0v) is 15.1. The third-order valence-corrected chi connectivity index (χ3v) is 7.60. The third kappa shape index (κ3) is 2.86. The van der Waals surface area contributed by atoms with Gasteiger partial charge in [0.2, 0.25) is 0 Å². The van der Waals surface area contributed by atoms with E-state index < -0.39 is 5.60 Å². The first-order chi connectivity index (χ1) is 10.6. The van der Waals surface area contributed by atoms with Crippen LogP contribution in [0.1, 0.15) is 51.4 Å². The Morgan fingerprint density at radius 1 is 1.09 bits per heavy atom. The number of halogens is 1. The van der Waals surface area contributed by atoms with Gasteiger partial charge in [0.05, 0.1) is 0 Å². The third-order valence-electron chi connectivity index (χ3n) is 7.10. The lowest BCUT2D eigenvalue weighted by molar-refractivity contribution is -0.0188. The molecule has 3 saturated carbocycles. The van der Waals surface area contributed by atoms with Crippen molar-refractivity contribution in [1.29, 1.82) is 0 Å². The second-order valence-electron chi connectivity index (χ2n) is 7.89. The minimum atomic E-state index is -0.809. The number of rotatable bonds is 0. The maximum Gasteiger partial charge on any atom is 0.129 e. The zero-order chi connectivity index (χ0) is 15.3. The maximum absolute atomic E-state index is 10.9. The van der Waals surface area contributed by atoms with Crippen LogP contribution in [-0.4, -0.2) is 21.4 Å². The molecule has 0 heterocycles. The molecule has 1 unspecified atom stereocenters. The zero-order valence-electron chi connectivity index (χ0n) is 13.4. The van der Waals surface area contributed by atoms with Gasteiger partial charge in [-0.2, -0.15) is 12.6 Å². The van der Waals surface area contributed by atoms with Crippen molar-refractivity contribution in [3.63, 3.8) is 0 Å². The standard InChI is InChI=1S/C19H25ClOS.HO/c20-10-9-19(21)8-7-17-16-3-1-12-11-13(22)2-4-14(12)15(16)5-6-18(17)19;/h11,13-18,21-22H,1-8H2;1H/t13?,14-,15+,16+,17-,18-,19+;/m0./s1. The van der Waals surface area contributed by atoms with E-state index in [1.165, 1.54) is 32.1 Å². The summed E-state index contributed by atoms with van der Waals surface area (Å²) in [6.07, 6.45) is 11.9. The molecule has 0 aliphatic heterocycles. The Hall–Kier alpha value is -0.140. The molecule has 4 aliphatic carbocycles. The Bertz CT molecular complexity index is 551. The van der Waals surface area contributed by atoms with E-state index in [9.17, 15) is 5.11 Å². The van der Waals surface area contributed by atoms with Gasteiger partial charge in [0.15, 0.2) is 0 Å². The van der Waals surface area contributed by atoms with Crippen molar-refractivity contribution in [1.82, 2.24) is 0 Å². The molecule has 2 N–H and O–H groups in total. The lowest BCUT2D eigenvalue weighted by atomic mass is 9.55. The first-order valence-electron chi connectivity index (χ1n) is 8.86. The van der Waals surface area contributed by atoms with Gasteiger partial charge in [-0.3, -0.25) is 5.48 Å². The summed E-state index contributed by atoms with van der Waals surface area (Å²) < 4.78 is 0. The molecular formula is C19H26ClO2S. The maximum atomic E-state index is 10.9. The van der Waals surface area contributed by atoms with Crippen molar-refractivity contribution in [2.75, 3.05) is 0 Å². The summed E-state index contributed by atoms with van der Waals surface area (Å²) in [7, 11) is 0. The van der Waals surface area contributed by atoms with Crippen molar-refractivity contribution in [2.45, 2.75) is 62.2 Å². The van der Waals surface area contributed by atoms with Crippen molar-refractivity contribution >= 4 is 24.2 Å². The van der Waals surface area contributed by atoms with E-state index in [0.29, 0.717) is 17.1 Å².